The first-order chi connectivity index (χ1) is 16.1. The molecule has 0 aliphatic heterocycles. The van der Waals surface area contributed by atoms with E-state index in [1.807, 2.05) is 63.4 Å². The van der Waals surface area contributed by atoms with Gasteiger partial charge in [0.2, 0.25) is 5.91 Å². The predicted molar refractivity (Wildman–Crippen MR) is 134 cm³/mol. The molecule has 0 unspecified atom stereocenters. The Morgan fingerprint density at radius 2 is 1.62 bits per heavy atom. The molecular formula is C26H32N2O5S. The van der Waals surface area contributed by atoms with Crippen molar-refractivity contribution in [2.75, 3.05) is 31.7 Å². The number of alkyl carbamates (subject to hydrolysis) is 1. The minimum atomic E-state index is -1.09. The van der Waals surface area contributed by atoms with Gasteiger partial charge in [0, 0.05) is 18.2 Å². The Kier molecular flexibility index (Phi) is 8.25. The maximum absolute atomic E-state index is 13.2. The number of thioether (sulfide) groups is 1. The lowest BCUT2D eigenvalue weighted by Crippen LogP contribution is -2.56. The highest BCUT2D eigenvalue weighted by Gasteiger charge is 2.37. The Morgan fingerprint density at radius 1 is 1.06 bits per heavy atom. The normalized spacial score (nSPS) is 13.5. The van der Waals surface area contributed by atoms with Gasteiger partial charge in [-0.1, -0.05) is 69.3 Å². The zero-order valence-electron chi connectivity index (χ0n) is 20.0. The Labute approximate surface area is 204 Å². The minimum Gasteiger partial charge on any atom is -0.480 e. The Bertz CT molecular complexity index is 1000. The van der Waals surface area contributed by atoms with E-state index in [0.29, 0.717) is 5.75 Å². The lowest BCUT2D eigenvalue weighted by molar-refractivity contribution is -0.146. The number of carbonyl (C=O) groups excluding carboxylic acids is 2. The van der Waals surface area contributed by atoms with Gasteiger partial charge in [0.25, 0.3) is 0 Å². The molecule has 0 saturated heterocycles. The molecule has 0 bridgehead atoms. The molecule has 2 N–H and O–H groups in total. The number of nitrogens with zero attached hydrogens (tertiary/aromatic N) is 1. The fourth-order valence-corrected chi connectivity index (χ4v) is 4.62. The van der Waals surface area contributed by atoms with Crippen molar-refractivity contribution in [3.05, 3.63) is 59.7 Å². The fraction of sp³-hybridized carbons (Fsp3) is 0.423. The van der Waals surface area contributed by atoms with E-state index in [1.54, 1.807) is 0 Å². The maximum Gasteiger partial charge on any atom is 0.407 e. The number of rotatable bonds is 9. The average molecular weight is 485 g/mol. The first kappa shape index (κ1) is 25.6. The van der Waals surface area contributed by atoms with Crippen LogP contribution >= 0.6 is 11.8 Å². The summed E-state index contributed by atoms with van der Waals surface area (Å²) in [5, 5.41) is 12.0. The van der Waals surface area contributed by atoms with E-state index < -0.39 is 36.0 Å². The molecule has 7 nitrogen and oxygen atoms in total. The van der Waals surface area contributed by atoms with Gasteiger partial charge in [-0.25, -0.2) is 4.79 Å². The summed E-state index contributed by atoms with van der Waals surface area (Å²) >= 11 is 1.52. The molecule has 3 rings (SSSR count). The van der Waals surface area contributed by atoms with Crippen LogP contribution in [0.15, 0.2) is 48.5 Å². The van der Waals surface area contributed by atoms with E-state index in [1.165, 1.54) is 16.7 Å². The number of hydrogen-bond acceptors (Lipinski definition) is 5. The van der Waals surface area contributed by atoms with Gasteiger partial charge in [0.15, 0.2) is 0 Å². The topological polar surface area (TPSA) is 95.9 Å². The van der Waals surface area contributed by atoms with Crippen molar-refractivity contribution in [2.24, 2.45) is 5.41 Å². The molecule has 0 fully saturated rings. The molecule has 2 aromatic carbocycles. The third-order valence-corrected chi connectivity index (χ3v) is 6.51. The number of carboxylic acid groups (broad SMARTS) is 1. The molecular weight excluding hydrogens is 452 g/mol. The van der Waals surface area contributed by atoms with Gasteiger partial charge in [0.05, 0.1) is 0 Å². The molecule has 1 atom stereocenters. The largest absolute Gasteiger partial charge is 0.480 e. The van der Waals surface area contributed by atoms with Crippen LogP contribution < -0.4 is 5.32 Å². The molecule has 34 heavy (non-hydrogen) atoms. The molecule has 0 saturated carbocycles. The van der Waals surface area contributed by atoms with Crippen LogP contribution in [-0.4, -0.2) is 65.7 Å². The summed E-state index contributed by atoms with van der Waals surface area (Å²) in [5.41, 5.74) is 3.83. The molecule has 0 radical (unpaired) electrons. The number of benzene rings is 2. The summed E-state index contributed by atoms with van der Waals surface area (Å²) < 4.78 is 5.62. The van der Waals surface area contributed by atoms with Crippen molar-refractivity contribution in [3.63, 3.8) is 0 Å². The molecule has 0 spiro atoms. The van der Waals surface area contributed by atoms with Crippen molar-refractivity contribution in [2.45, 2.75) is 32.7 Å². The van der Waals surface area contributed by atoms with E-state index in [9.17, 15) is 19.5 Å². The first-order valence-corrected chi connectivity index (χ1v) is 12.6. The number of amides is 2. The monoisotopic (exact) mass is 484 g/mol. The second kappa shape index (κ2) is 11.0. The van der Waals surface area contributed by atoms with Crippen molar-refractivity contribution >= 4 is 29.7 Å². The van der Waals surface area contributed by atoms with Crippen LogP contribution in [0.1, 0.15) is 37.8 Å². The number of carbonyl (C=O) groups is 3. The van der Waals surface area contributed by atoms with Crippen LogP contribution in [-0.2, 0) is 14.3 Å². The van der Waals surface area contributed by atoms with Crippen molar-refractivity contribution in [3.8, 4) is 11.1 Å². The minimum absolute atomic E-state index is 0.0907. The van der Waals surface area contributed by atoms with E-state index >= 15 is 0 Å². The molecule has 0 heterocycles. The first-order valence-electron chi connectivity index (χ1n) is 11.2. The van der Waals surface area contributed by atoms with E-state index in [2.05, 4.69) is 17.4 Å². The van der Waals surface area contributed by atoms with E-state index in [4.69, 9.17) is 4.74 Å². The number of hydrogen-bond donors (Lipinski definition) is 2. The van der Waals surface area contributed by atoms with Gasteiger partial charge < -0.3 is 20.1 Å². The van der Waals surface area contributed by atoms with Crippen LogP contribution in [0.25, 0.3) is 11.1 Å². The van der Waals surface area contributed by atoms with Crippen molar-refractivity contribution < 1.29 is 24.2 Å². The quantitative estimate of drug-likeness (QED) is 0.553. The molecule has 2 amide bonds. The summed E-state index contributed by atoms with van der Waals surface area (Å²) in [5.74, 6) is -1.02. The third kappa shape index (κ3) is 5.91. The van der Waals surface area contributed by atoms with Crippen LogP contribution in [0.2, 0.25) is 0 Å². The Hall–Kier alpha value is -3.00. The van der Waals surface area contributed by atoms with Crippen LogP contribution in [0.3, 0.4) is 0 Å². The maximum atomic E-state index is 13.2. The molecule has 8 heteroatoms. The molecule has 1 aliphatic rings. The second-order valence-electron chi connectivity index (χ2n) is 9.42. The van der Waals surface area contributed by atoms with Crippen LogP contribution in [0.4, 0.5) is 4.79 Å². The summed E-state index contributed by atoms with van der Waals surface area (Å²) in [6.45, 7) is 5.48. The zero-order valence-corrected chi connectivity index (χ0v) is 20.9. The van der Waals surface area contributed by atoms with Gasteiger partial charge in [-0.05, 0) is 33.9 Å². The number of ether oxygens (including phenoxy) is 1. The van der Waals surface area contributed by atoms with Crippen LogP contribution in [0.5, 0.6) is 0 Å². The summed E-state index contributed by atoms with van der Waals surface area (Å²) in [6.07, 6.45) is 1.19. The van der Waals surface area contributed by atoms with Gasteiger partial charge in [-0.3, -0.25) is 9.59 Å². The molecule has 2 aromatic rings. The summed E-state index contributed by atoms with van der Waals surface area (Å²) in [7, 11) is 0. The highest BCUT2D eigenvalue weighted by molar-refractivity contribution is 7.98. The smallest absolute Gasteiger partial charge is 0.407 e. The summed E-state index contributed by atoms with van der Waals surface area (Å²) in [6, 6.07) is 15.2. The number of fused-ring (bicyclic) bond motifs is 3. The van der Waals surface area contributed by atoms with Gasteiger partial charge >= 0.3 is 12.1 Å². The van der Waals surface area contributed by atoms with E-state index in [-0.39, 0.29) is 19.1 Å². The van der Waals surface area contributed by atoms with Crippen molar-refractivity contribution in [1.82, 2.24) is 10.2 Å². The zero-order chi connectivity index (χ0) is 24.9. The number of carboxylic acids is 1. The third-order valence-electron chi connectivity index (χ3n) is 5.92. The Balaban J connectivity index is 1.72. The van der Waals surface area contributed by atoms with Crippen LogP contribution in [0, 0.1) is 5.41 Å². The van der Waals surface area contributed by atoms with E-state index in [0.717, 1.165) is 22.3 Å². The number of nitrogens with one attached hydrogen (secondary N) is 1. The molecule has 182 valence electrons. The predicted octanol–water partition coefficient (Wildman–Crippen LogP) is 4.22. The highest BCUT2D eigenvalue weighted by Crippen LogP contribution is 2.44. The standard InChI is InChI=1S/C26H32N2O5S/c1-26(2,3)23(24(31)28(13-14-34-4)15-22(29)30)27-25(32)33-16-21-19-11-7-5-9-17(19)18-10-6-8-12-20(18)21/h5-12,21,23H,13-16H2,1-4H3,(H,27,32)(H,29,30)/t23-/m1/s1. The Morgan fingerprint density at radius 3 is 2.12 bits per heavy atom. The molecule has 1 aliphatic carbocycles. The summed E-state index contributed by atoms with van der Waals surface area (Å²) in [4.78, 5) is 38.6. The van der Waals surface area contributed by atoms with Gasteiger partial charge in [0.1, 0.15) is 19.2 Å². The lowest BCUT2D eigenvalue weighted by atomic mass is 9.86. The highest BCUT2D eigenvalue weighted by atomic mass is 32.2. The second-order valence-corrected chi connectivity index (χ2v) is 10.4. The lowest BCUT2D eigenvalue weighted by Gasteiger charge is -2.34. The number of aliphatic carboxylic acids is 1. The SMILES string of the molecule is CSCCN(CC(=O)O)C(=O)[C@@H](NC(=O)OCC1c2ccccc2-c2ccccc21)C(C)(C)C. The van der Waals surface area contributed by atoms with Gasteiger partial charge in [-0.2, -0.15) is 11.8 Å². The average Bonchev–Trinajstić information content (AvgIpc) is 3.11. The molecule has 0 aromatic heterocycles. The van der Waals surface area contributed by atoms with Crippen molar-refractivity contribution in [1.29, 1.82) is 0 Å². The van der Waals surface area contributed by atoms with Gasteiger partial charge in [-0.15, -0.1) is 0 Å². The fourth-order valence-electron chi connectivity index (χ4n) is 4.22.